The minimum Gasteiger partial charge on any atom is -0.486 e. The van der Waals surface area contributed by atoms with Crippen LogP contribution in [0.4, 0.5) is 11.4 Å². The Morgan fingerprint density at radius 2 is 1.83 bits per heavy atom. The fraction of sp³-hybridized carbons (Fsp3) is 0.611. The first-order chi connectivity index (χ1) is 11.0. The number of carbonyl (C=O) groups excluding carboxylic acids is 1. The standard InChI is InChI=1S/C18H26N2O3/c1-11(2)5-6-20-14-10-16-15(22-7-8-23-16)9-13(14)19-17(12(3)4)18(20)21/h9-12,17,19H,5-8H2,1-4H3. The molecule has 1 aromatic rings. The van der Waals surface area contributed by atoms with Gasteiger partial charge in [-0.05, 0) is 18.3 Å². The maximum Gasteiger partial charge on any atom is 0.249 e. The van der Waals surface area contributed by atoms with E-state index in [1.807, 2.05) is 17.0 Å². The molecule has 1 aromatic carbocycles. The SMILES string of the molecule is CC(C)CCN1C(=O)C(C(C)C)Nc2cc3c(cc21)OCCO3. The van der Waals surface area contributed by atoms with Crippen molar-refractivity contribution in [1.29, 1.82) is 0 Å². The number of carbonyl (C=O) groups is 1. The maximum atomic E-state index is 12.9. The molecular formula is C18H26N2O3. The molecule has 5 nitrogen and oxygen atoms in total. The third kappa shape index (κ3) is 3.09. The monoisotopic (exact) mass is 318 g/mol. The molecule has 0 aromatic heterocycles. The second-order valence-electron chi connectivity index (χ2n) is 7.05. The first-order valence-electron chi connectivity index (χ1n) is 8.49. The fourth-order valence-electron chi connectivity index (χ4n) is 3.00. The van der Waals surface area contributed by atoms with Crippen molar-refractivity contribution in [2.24, 2.45) is 11.8 Å². The Bertz CT molecular complexity index is 598. The summed E-state index contributed by atoms with van der Waals surface area (Å²) in [5.74, 6) is 2.40. The van der Waals surface area contributed by atoms with Gasteiger partial charge >= 0.3 is 0 Å². The predicted octanol–water partition coefficient (Wildman–Crippen LogP) is 3.29. The first-order valence-corrected chi connectivity index (χ1v) is 8.49. The van der Waals surface area contributed by atoms with E-state index < -0.39 is 0 Å². The molecule has 5 heteroatoms. The van der Waals surface area contributed by atoms with Crippen molar-refractivity contribution >= 4 is 17.3 Å². The minimum atomic E-state index is -0.197. The zero-order valence-corrected chi connectivity index (χ0v) is 14.4. The van der Waals surface area contributed by atoms with Gasteiger partial charge in [0.1, 0.15) is 19.3 Å². The van der Waals surface area contributed by atoms with Crippen LogP contribution in [0.2, 0.25) is 0 Å². The van der Waals surface area contributed by atoms with Crippen LogP contribution in [0, 0.1) is 11.8 Å². The number of fused-ring (bicyclic) bond motifs is 2. The molecule has 0 aliphatic carbocycles. The van der Waals surface area contributed by atoms with Crippen molar-refractivity contribution in [3.63, 3.8) is 0 Å². The highest BCUT2D eigenvalue weighted by atomic mass is 16.6. The second kappa shape index (κ2) is 6.30. The van der Waals surface area contributed by atoms with Gasteiger partial charge in [-0.25, -0.2) is 0 Å². The van der Waals surface area contributed by atoms with Gasteiger partial charge in [0.05, 0.1) is 11.4 Å². The lowest BCUT2D eigenvalue weighted by Gasteiger charge is -2.38. The molecule has 0 saturated heterocycles. The zero-order chi connectivity index (χ0) is 16.6. The third-order valence-electron chi connectivity index (χ3n) is 4.39. The van der Waals surface area contributed by atoms with Gasteiger partial charge in [-0.15, -0.1) is 0 Å². The van der Waals surface area contributed by atoms with Gasteiger partial charge in [0.2, 0.25) is 5.91 Å². The molecule has 1 amide bonds. The van der Waals surface area contributed by atoms with Crippen molar-refractivity contribution in [3.8, 4) is 11.5 Å². The van der Waals surface area contributed by atoms with Crippen LogP contribution in [0.25, 0.3) is 0 Å². The van der Waals surface area contributed by atoms with Crippen LogP contribution in [0.1, 0.15) is 34.1 Å². The van der Waals surface area contributed by atoms with Crippen molar-refractivity contribution in [1.82, 2.24) is 0 Å². The summed E-state index contributed by atoms with van der Waals surface area (Å²) in [5.41, 5.74) is 1.85. The maximum absolute atomic E-state index is 12.9. The molecule has 0 radical (unpaired) electrons. The van der Waals surface area contributed by atoms with Crippen LogP contribution < -0.4 is 19.7 Å². The molecule has 2 heterocycles. The molecule has 0 saturated carbocycles. The van der Waals surface area contributed by atoms with E-state index in [9.17, 15) is 4.79 Å². The normalized spacial score (nSPS) is 19.8. The third-order valence-corrected chi connectivity index (χ3v) is 4.39. The summed E-state index contributed by atoms with van der Waals surface area (Å²) < 4.78 is 11.4. The number of ether oxygens (including phenoxy) is 2. The van der Waals surface area contributed by atoms with E-state index in [1.54, 1.807) is 0 Å². The van der Waals surface area contributed by atoms with Crippen LogP contribution in [0.3, 0.4) is 0 Å². The fourth-order valence-corrected chi connectivity index (χ4v) is 3.00. The Balaban J connectivity index is 1.99. The summed E-state index contributed by atoms with van der Waals surface area (Å²) in [4.78, 5) is 14.8. The number of hydrogen-bond donors (Lipinski definition) is 1. The van der Waals surface area contributed by atoms with Gasteiger partial charge in [0, 0.05) is 18.7 Å². The summed E-state index contributed by atoms with van der Waals surface area (Å²) in [7, 11) is 0. The average Bonchev–Trinajstić information content (AvgIpc) is 2.51. The van der Waals surface area contributed by atoms with Crippen molar-refractivity contribution in [3.05, 3.63) is 12.1 Å². The summed E-state index contributed by atoms with van der Waals surface area (Å²) in [6, 6.07) is 3.71. The molecule has 126 valence electrons. The Morgan fingerprint density at radius 1 is 1.17 bits per heavy atom. The van der Waals surface area contributed by atoms with E-state index >= 15 is 0 Å². The van der Waals surface area contributed by atoms with Crippen LogP contribution >= 0.6 is 0 Å². The molecule has 0 spiro atoms. The smallest absolute Gasteiger partial charge is 0.249 e. The number of rotatable bonds is 4. The predicted molar refractivity (Wildman–Crippen MR) is 91.5 cm³/mol. The number of anilines is 2. The number of nitrogens with zero attached hydrogens (tertiary/aromatic N) is 1. The topological polar surface area (TPSA) is 50.8 Å². The van der Waals surface area contributed by atoms with Gasteiger partial charge in [-0.2, -0.15) is 0 Å². The summed E-state index contributed by atoms with van der Waals surface area (Å²) in [6.45, 7) is 10.3. The number of hydrogen-bond acceptors (Lipinski definition) is 4. The molecule has 1 N–H and O–H groups in total. The lowest BCUT2D eigenvalue weighted by Crippen LogP contribution is -2.50. The molecule has 1 atom stereocenters. The number of benzene rings is 1. The van der Waals surface area contributed by atoms with Gasteiger partial charge < -0.3 is 19.7 Å². The lowest BCUT2D eigenvalue weighted by atomic mass is 9.98. The average molecular weight is 318 g/mol. The molecule has 2 aliphatic rings. The molecule has 2 aliphatic heterocycles. The Labute approximate surface area is 137 Å². The Kier molecular flexibility index (Phi) is 4.37. The van der Waals surface area contributed by atoms with Crippen LogP contribution in [-0.4, -0.2) is 31.7 Å². The highest BCUT2D eigenvalue weighted by molar-refractivity contribution is 6.05. The van der Waals surface area contributed by atoms with E-state index in [-0.39, 0.29) is 17.9 Å². The largest absolute Gasteiger partial charge is 0.486 e. The second-order valence-corrected chi connectivity index (χ2v) is 7.05. The van der Waals surface area contributed by atoms with Crippen molar-refractivity contribution in [2.75, 3.05) is 30.0 Å². The molecule has 0 bridgehead atoms. The number of amides is 1. The Hall–Kier alpha value is -1.91. The van der Waals surface area contributed by atoms with Crippen molar-refractivity contribution in [2.45, 2.75) is 40.2 Å². The summed E-state index contributed by atoms with van der Waals surface area (Å²) in [5, 5.41) is 3.39. The highest BCUT2D eigenvalue weighted by Gasteiger charge is 2.35. The van der Waals surface area contributed by atoms with Gasteiger partial charge in [-0.1, -0.05) is 27.7 Å². The van der Waals surface area contributed by atoms with E-state index in [1.165, 1.54) is 0 Å². The van der Waals surface area contributed by atoms with Crippen LogP contribution in [0.15, 0.2) is 12.1 Å². The minimum absolute atomic E-state index is 0.143. The van der Waals surface area contributed by atoms with Crippen LogP contribution in [0.5, 0.6) is 11.5 Å². The first kappa shape index (κ1) is 16.0. The van der Waals surface area contributed by atoms with E-state index in [2.05, 4.69) is 33.0 Å². The Morgan fingerprint density at radius 3 is 2.43 bits per heavy atom. The van der Waals surface area contributed by atoms with Gasteiger partial charge in [0.25, 0.3) is 0 Å². The quantitative estimate of drug-likeness (QED) is 0.925. The van der Waals surface area contributed by atoms with Gasteiger partial charge in [0.15, 0.2) is 11.5 Å². The van der Waals surface area contributed by atoms with Gasteiger partial charge in [-0.3, -0.25) is 4.79 Å². The van der Waals surface area contributed by atoms with Crippen molar-refractivity contribution < 1.29 is 14.3 Å². The summed E-state index contributed by atoms with van der Waals surface area (Å²) in [6.07, 6.45) is 0.977. The number of nitrogens with one attached hydrogen (secondary N) is 1. The highest BCUT2D eigenvalue weighted by Crippen LogP contribution is 2.43. The molecule has 3 rings (SSSR count). The van der Waals surface area contributed by atoms with E-state index in [0.29, 0.717) is 19.1 Å². The van der Waals surface area contributed by atoms with E-state index in [4.69, 9.17) is 9.47 Å². The molecule has 1 unspecified atom stereocenters. The molecular weight excluding hydrogens is 292 g/mol. The van der Waals surface area contributed by atoms with Crippen LogP contribution in [-0.2, 0) is 4.79 Å². The summed E-state index contributed by atoms with van der Waals surface area (Å²) >= 11 is 0. The lowest BCUT2D eigenvalue weighted by molar-refractivity contribution is -0.120. The zero-order valence-electron chi connectivity index (χ0n) is 14.4. The molecule has 23 heavy (non-hydrogen) atoms. The molecule has 0 fully saturated rings. The van der Waals surface area contributed by atoms with E-state index in [0.717, 1.165) is 35.8 Å².